The van der Waals surface area contributed by atoms with Crippen LogP contribution in [-0.2, 0) is 5.75 Å². The maximum Gasteiger partial charge on any atom is 0.134 e. The molecule has 18 heavy (non-hydrogen) atoms. The minimum absolute atomic E-state index is 0.388. The lowest BCUT2D eigenvalue weighted by molar-refractivity contribution is 1.25. The van der Waals surface area contributed by atoms with Gasteiger partial charge >= 0.3 is 0 Å². The highest BCUT2D eigenvalue weighted by Gasteiger charge is 2.06. The van der Waals surface area contributed by atoms with Crippen LogP contribution in [0.1, 0.15) is 5.56 Å². The van der Waals surface area contributed by atoms with Crippen molar-refractivity contribution in [3.05, 3.63) is 51.2 Å². The number of hydrogen-bond donors (Lipinski definition) is 1. The summed E-state index contributed by atoms with van der Waals surface area (Å²) in [5, 5.41) is 1.44. The third-order valence-electron chi connectivity index (χ3n) is 2.23. The smallest absolute Gasteiger partial charge is 0.134 e. The average molecular weight is 320 g/mol. The minimum Gasteiger partial charge on any atom is -0.399 e. The average Bonchev–Trinajstić information content (AvgIpc) is 2.30. The van der Waals surface area contributed by atoms with E-state index in [9.17, 15) is 0 Å². The number of nitrogens with two attached hydrogens (primary N) is 1. The van der Waals surface area contributed by atoms with Gasteiger partial charge < -0.3 is 5.73 Å². The lowest BCUT2D eigenvalue weighted by Crippen LogP contribution is -1.88. The summed E-state index contributed by atoms with van der Waals surface area (Å²) < 4.78 is 0. The van der Waals surface area contributed by atoms with Crippen LogP contribution < -0.4 is 5.73 Å². The normalized spacial score (nSPS) is 10.6. The number of benzene rings is 1. The molecule has 0 saturated heterocycles. The van der Waals surface area contributed by atoms with Crippen molar-refractivity contribution < 1.29 is 0 Å². The molecule has 94 valence electrons. The molecule has 0 radical (unpaired) electrons. The number of thioether (sulfide) groups is 1. The summed E-state index contributed by atoms with van der Waals surface area (Å²) >= 11 is 19.4. The Labute approximate surface area is 124 Å². The van der Waals surface area contributed by atoms with E-state index < -0.39 is 0 Å². The zero-order valence-electron chi connectivity index (χ0n) is 9.16. The van der Waals surface area contributed by atoms with Crippen LogP contribution in [-0.4, -0.2) is 4.98 Å². The molecule has 0 aliphatic rings. The molecular formula is C12H9Cl3N2S. The van der Waals surface area contributed by atoms with Crippen LogP contribution in [0.3, 0.4) is 0 Å². The molecule has 0 fully saturated rings. The van der Waals surface area contributed by atoms with Crippen molar-refractivity contribution >= 4 is 52.3 Å². The minimum atomic E-state index is 0.388. The number of hydrogen-bond acceptors (Lipinski definition) is 3. The van der Waals surface area contributed by atoms with E-state index in [0.29, 0.717) is 26.8 Å². The summed E-state index contributed by atoms with van der Waals surface area (Å²) in [6, 6.07) is 9.00. The summed E-state index contributed by atoms with van der Waals surface area (Å²) in [4.78, 5) is 4.94. The van der Waals surface area contributed by atoms with Gasteiger partial charge in [-0.2, -0.15) is 0 Å². The largest absolute Gasteiger partial charge is 0.399 e. The molecule has 6 heteroatoms. The van der Waals surface area contributed by atoms with Gasteiger partial charge in [0.1, 0.15) is 10.3 Å². The molecule has 0 aliphatic carbocycles. The highest BCUT2D eigenvalue weighted by atomic mass is 35.5. The number of rotatable bonds is 3. The van der Waals surface area contributed by atoms with E-state index in [1.165, 1.54) is 0 Å². The summed E-state index contributed by atoms with van der Waals surface area (Å²) in [6.07, 6.45) is 0. The highest BCUT2D eigenvalue weighted by Crippen LogP contribution is 2.32. The standard InChI is InChI=1S/C12H9Cl3N2S/c13-9-5-8(16)2-3-10(9)18-6-7-1-4-11(14)17-12(7)15/h1-5H,6,16H2. The Balaban J connectivity index is 2.11. The number of aromatic nitrogens is 1. The fraction of sp³-hybridized carbons (Fsp3) is 0.0833. The lowest BCUT2D eigenvalue weighted by atomic mass is 10.3. The van der Waals surface area contributed by atoms with E-state index in [1.54, 1.807) is 23.9 Å². The first-order valence-corrected chi connectivity index (χ1v) is 7.17. The van der Waals surface area contributed by atoms with Crippen molar-refractivity contribution in [2.24, 2.45) is 0 Å². The Morgan fingerprint density at radius 2 is 1.89 bits per heavy atom. The Hall–Kier alpha value is -0.610. The first-order valence-electron chi connectivity index (χ1n) is 5.05. The summed E-state index contributed by atoms with van der Waals surface area (Å²) in [7, 11) is 0. The molecular weight excluding hydrogens is 311 g/mol. The van der Waals surface area contributed by atoms with Crippen molar-refractivity contribution in [3.63, 3.8) is 0 Å². The van der Waals surface area contributed by atoms with Crippen LogP contribution in [0.4, 0.5) is 5.69 Å². The Kier molecular flexibility index (Phi) is 4.62. The summed E-state index contributed by atoms with van der Waals surface area (Å²) in [6.45, 7) is 0. The quantitative estimate of drug-likeness (QED) is 0.496. The molecule has 2 rings (SSSR count). The predicted octanol–water partition coefficient (Wildman–Crippen LogP) is 4.92. The molecule has 2 N–H and O–H groups in total. The third kappa shape index (κ3) is 3.45. The van der Waals surface area contributed by atoms with Crippen LogP contribution in [0.15, 0.2) is 35.2 Å². The van der Waals surface area contributed by atoms with Gasteiger partial charge in [-0.05, 0) is 29.8 Å². The zero-order valence-corrected chi connectivity index (χ0v) is 12.2. The van der Waals surface area contributed by atoms with E-state index in [1.807, 2.05) is 18.2 Å². The van der Waals surface area contributed by atoms with Gasteiger partial charge in [-0.25, -0.2) is 4.98 Å². The van der Waals surface area contributed by atoms with E-state index in [2.05, 4.69) is 4.98 Å². The number of anilines is 1. The lowest BCUT2D eigenvalue weighted by Gasteiger charge is -2.06. The van der Waals surface area contributed by atoms with Crippen LogP contribution in [0.25, 0.3) is 0 Å². The van der Waals surface area contributed by atoms with Gasteiger partial charge in [-0.3, -0.25) is 0 Å². The summed E-state index contributed by atoms with van der Waals surface area (Å²) in [5.74, 6) is 0.673. The molecule has 2 aromatic rings. The first-order chi connectivity index (χ1) is 8.56. The SMILES string of the molecule is Nc1ccc(SCc2ccc(Cl)nc2Cl)c(Cl)c1. The summed E-state index contributed by atoms with van der Waals surface area (Å²) in [5.41, 5.74) is 7.20. The van der Waals surface area contributed by atoms with Gasteiger partial charge in [0, 0.05) is 16.3 Å². The number of nitrogens with zero attached hydrogens (tertiary/aromatic N) is 1. The van der Waals surface area contributed by atoms with Gasteiger partial charge in [0.15, 0.2) is 0 Å². The second-order valence-corrected chi connectivity index (χ2v) is 5.73. The molecule has 0 unspecified atom stereocenters. The Morgan fingerprint density at radius 1 is 1.11 bits per heavy atom. The Bertz CT molecular complexity index is 524. The maximum absolute atomic E-state index is 6.09. The van der Waals surface area contributed by atoms with Crippen molar-refractivity contribution in [3.8, 4) is 0 Å². The second-order valence-electron chi connectivity index (χ2n) is 3.56. The highest BCUT2D eigenvalue weighted by molar-refractivity contribution is 7.98. The molecule has 0 spiro atoms. The van der Waals surface area contributed by atoms with Gasteiger partial charge in [0.25, 0.3) is 0 Å². The van der Waals surface area contributed by atoms with Gasteiger partial charge in [0.05, 0.1) is 5.02 Å². The van der Waals surface area contributed by atoms with E-state index in [4.69, 9.17) is 40.5 Å². The molecule has 0 amide bonds. The molecule has 0 bridgehead atoms. The monoisotopic (exact) mass is 318 g/mol. The van der Waals surface area contributed by atoms with Crippen molar-refractivity contribution in [2.45, 2.75) is 10.6 Å². The predicted molar refractivity (Wildman–Crippen MR) is 79.7 cm³/mol. The van der Waals surface area contributed by atoms with Crippen LogP contribution in [0.5, 0.6) is 0 Å². The van der Waals surface area contributed by atoms with Gasteiger partial charge in [0.2, 0.25) is 0 Å². The van der Waals surface area contributed by atoms with E-state index in [-0.39, 0.29) is 0 Å². The number of nitrogen functional groups attached to an aromatic ring is 1. The number of halogens is 3. The van der Waals surface area contributed by atoms with Gasteiger partial charge in [-0.1, -0.05) is 40.9 Å². The fourth-order valence-electron chi connectivity index (χ4n) is 1.34. The first kappa shape index (κ1) is 13.8. The third-order valence-corrected chi connectivity index (χ3v) is 4.32. The maximum atomic E-state index is 6.09. The van der Waals surface area contributed by atoms with Crippen molar-refractivity contribution in [1.82, 2.24) is 4.98 Å². The van der Waals surface area contributed by atoms with E-state index >= 15 is 0 Å². The van der Waals surface area contributed by atoms with Crippen molar-refractivity contribution in [1.29, 1.82) is 0 Å². The van der Waals surface area contributed by atoms with Gasteiger partial charge in [-0.15, -0.1) is 11.8 Å². The number of pyridine rings is 1. The van der Waals surface area contributed by atoms with E-state index in [0.717, 1.165) is 10.5 Å². The Morgan fingerprint density at radius 3 is 2.56 bits per heavy atom. The molecule has 1 aromatic heterocycles. The molecule has 1 heterocycles. The molecule has 0 saturated carbocycles. The molecule has 2 nitrogen and oxygen atoms in total. The molecule has 0 aliphatic heterocycles. The van der Waals surface area contributed by atoms with Crippen LogP contribution in [0, 0.1) is 0 Å². The topological polar surface area (TPSA) is 38.9 Å². The molecule has 1 aromatic carbocycles. The van der Waals surface area contributed by atoms with Crippen molar-refractivity contribution in [2.75, 3.05) is 5.73 Å². The van der Waals surface area contributed by atoms with Crippen LogP contribution >= 0.6 is 46.6 Å². The fourth-order valence-corrected chi connectivity index (χ4v) is 3.09. The van der Waals surface area contributed by atoms with Crippen LogP contribution in [0.2, 0.25) is 15.3 Å². The second kappa shape index (κ2) is 6.02. The zero-order chi connectivity index (χ0) is 13.1. The molecule has 0 atom stereocenters.